The Labute approximate surface area is 95.4 Å². The van der Waals surface area contributed by atoms with Crippen LogP contribution >= 0.6 is 0 Å². The van der Waals surface area contributed by atoms with E-state index in [9.17, 15) is 4.79 Å². The van der Waals surface area contributed by atoms with Crippen molar-refractivity contribution < 1.29 is 4.79 Å². The van der Waals surface area contributed by atoms with Gasteiger partial charge in [-0.15, -0.1) is 0 Å². The Morgan fingerprint density at radius 3 is 2.50 bits per heavy atom. The van der Waals surface area contributed by atoms with Crippen LogP contribution in [-0.4, -0.2) is 35.4 Å². The quantitative estimate of drug-likeness (QED) is 0.727. The molecule has 0 saturated carbocycles. The number of aromatic nitrogens is 1. The number of nitrogens with zero attached hydrogens (tertiary/aromatic N) is 2. The Hall–Kier alpha value is -1.46. The second-order valence-corrected chi connectivity index (χ2v) is 3.97. The lowest BCUT2D eigenvalue weighted by molar-refractivity contribution is -0.119. The van der Waals surface area contributed by atoms with Crippen LogP contribution in [0.2, 0.25) is 0 Å². The summed E-state index contributed by atoms with van der Waals surface area (Å²) in [6.07, 6.45) is 3.42. The summed E-state index contributed by atoms with van der Waals surface area (Å²) < 4.78 is 0. The maximum absolute atomic E-state index is 10.9. The van der Waals surface area contributed by atoms with Crippen molar-refractivity contribution in [2.45, 2.75) is 19.0 Å². The maximum Gasteiger partial charge on any atom is 0.231 e. The molecule has 0 radical (unpaired) electrons. The van der Waals surface area contributed by atoms with Gasteiger partial charge in [-0.3, -0.25) is 14.7 Å². The van der Waals surface area contributed by atoms with Gasteiger partial charge in [0, 0.05) is 24.5 Å². The molecule has 0 aliphatic heterocycles. The van der Waals surface area contributed by atoms with Gasteiger partial charge in [-0.25, -0.2) is 0 Å². The molecule has 1 heterocycles. The second kappa shape index (κ2) is 5.58. The van der Waals surface area contributed by atoms with E-state index in [4.69, 9.17) is 11.5 Å². The van der Waals surface area contributed by atoms with Gasteiger partial charge in [0.25, 0.3) is 0 Å². The van der Waals surface area contributed by atoms with E-state index in [1.165, 1.54) is 0 Å². The number of hydrogen-bond donors (Lipinski definition) is 2. The summed E-state index contributed by atoms with van der Waals surface area (Å²) in [6, 6.07) is 3.67. The first-order valence-electron chi connectivity index (χ1n) is 5.16. The molecule has 4 N–H and O–H groups in total. The molecule has 0 aliphatic rings. The summed E-state index contributed by atoms with van der Waals surface area (Å²) >= 11 is 0. The average molecular weight is 222 g/mol. The SMILES string of the molecule is CC(N)C(c1ccncc1)N(C)CC(N)=O. The number of primary amides is 1. The minimum absolute atomic E-state index is 0.0319. The lowest BCUT2D eigenvalue weighted by Gasteiger charge is -2.30. The van der Waals surface area contributed by atoms with Gasteiger partial charge in [0.05, 0.1) is 6.54 Å². The molecule has 5 heteroatoms. The number of hydrogen-bond acceptors (Lipinski definition) is 4. The van der Waals surface area contributed by atoms with Crippen LogP contribution < -0.4 is 11.5 Å². The molecule has 0 spiro atoms. The molecule has 1 aromatic rings. The highest BCUT2D eigenvalue weighted by molar-refractivity contribution is 5.75. The first-order chi connectivity index (χ1) is 7.52. The van der Waals surface area contributed by atoms with E-state index in [0.29, 0.717) is 0 Å². The van der Waals surface area contributed by atoms with Crippen LogP contribution in [0.1, 0.15) is 18.5 Å². The topological polar surface area (TPSA) is 85.2 Å². The van der Waals surface area contributed by atoms with Crippen LogP contribution in [0.15, 0.2) is 24.5 Å². The van der Waals surface area contributed by atoms with Gasteiger partial charge >= 0.3 is 0 Å². The number of likely N-dealkylation sites (N-methyl/N-ethyl adjacent to an activating group) is 1. The number of carbonyl (C=O) groups is 1. The summed E-state index contributed by atoms with van der Waals surface area (Å²) in [5, 5.41) is 0. The number of pyridine rings is 1. The molecule has 88 valence electrons. The second-order valence-electron chi connectivity index (χ2n) is 3.97. The first-order valence-corrected chi connectivity index (χ1v) is 5.16. The third-order valence-electron chi connectivity index (χ3n) is 2.43. The van der Waals surface area contributed by atoms with Gasteiger partial charge in [0.15, 0.2) is 0 Å². The first kappa shape index (κ1) is 12.6. The molecular formula is C11H18N4O. The van der Waals surface area contributed by atoms with Crippen molar-refractivity contribution in [2.75, 3.05) is 13.6 Å². The molecule has 5 nitrogen and oxygen atoms in total. The molecule has 1 amide bonds. The molecule has 2 atom stereocenters. The predicted octanol–water partition coefficient (Wildman–Crippen LogP) is -0.113. The summed E-state index contributed by atoms with van der Waals surface area (Å²) in [6.45, 7) is 2.09. The standard InChI is InChI=1S/C11H18N4O/c1-8(12)11(15(2)7-10(13)16)9-3-5-14-6-4-9/h3-6,8,11H,7,12H2,1-2H3,(H2,13,16). The molecular weight excluding hydrogens is 204 g/mol. The van der Waals surface area contributed by atoms with Gasteiger partial charge in [0.1, 0.15) is 0 Å². The van der Waals surface area contributed by atoms with Gasteiger partial charge in [-0.05, 0) is 31.7 Å². The Morgan fingerprint density at radius 1 is 1.50 bits per heavy atom. The highest BCUT2D eigenvalue weighted by Gasteiger charge is 2.21. The number of nitrogens with two attached hydrogens (primary N) is 2. The Balaban J connectivity index is 2.87. The number of amides is 1. The van der Waals surface area contributed by atoms with Crippen molar-refractivity contribution in [3.05, 3.63) is 30.1 Å². The molecule has 0 saturated heterocycles. The normalized spacial score (nSPS) is 14.8. The van der Waals surface area contributed by atoms with Crippen LogP contribution in [0.3, 0.4) is 0 Å². The molecule has 0 aliphatic carbocycles. The zero-order chi connectivity index (χ0) is 12.1. The smallest absolute Gasteiger partial charge is 0.231 e. The molecule has 0 aromatic carbocycles. The van der Waals surface area contributed by atoms with Gasteiger partial charge in [0.2, 0.25) is 5.91 Å². The van der Waals surface area contributed by atoms with E-state index in [-0.39, 0.29) is 24.5 Å². The van der Waals surface area contributed by atoms with Crippen molar-refractivity contribution in [1.29, 1.82) is 0 Å². The van der Waals surface area contributed by atoms with Crippen molar-refractivity contribution >= 4 is 5.91 Å². The highest BCUT2D eigenvalue weighted by Crippen LogP contribution is 2.20. The Bertz CT molecular complexity index is 339. The van der Waals surface area contributed by atoms with Crippen LogP contribution in [0.5, 0.6) is 0 Å². The zero-order valence-corrected chi connectivity index (χ0v) is 9.63. The summed E-state index contributed by atoms with van der Waals surface area (Å²) in [5.74, 6) is -0.359. The van der Waals surface area contributed by atoms with E-state index in [1.54, 1.807) is 12.4 Å². The van der Waals surface area contributed by atoms with Crippen LogP contribution in [-0.2, 0) is 4.79 Å². The van der Waals surface area contributed by atoms with Crippen molar-refractivity contribution in [3.8, 4) is 0 Å². The zero-order valence-electron chi connectivity index (χ0n) is 9.63. The lowest BCUT2D eigenvalue weighted by atomic mass is 10.0. The van der Waals surface area contributed by atoms with Gasteiger partial charge in [-0.1, -0.05) is 0 Å². The summed E-state index contributed by atoms with van der Waals surface area (Å²) in [7, 11) is 1.83. The van der Waals surface area contributed by atoms with Gasteiger partial charge in [-0.2, -0.15) is 0 Å². The fourth-order valence-electron chi connectivity index (χ4n) is 1.86. The van der Waals surface area contributed by atoms with Gasteiger partial charge < -0.3 is 11.5 Å². The molecule has 16 heavy (non-hydrogen) atoms. The van der Waals surface area contributed by atoms with Crippen molar-refractivity contribution in [3.63, 3.8) is 0 Å². The largest absolute Gasteiger partial charge is 0.369 e. The number of carbonyl (C=O) groups excluding carboxylic acids is 1. The average Bonchev–Trinajstić information content (AvgIpc) is 2.17. The van der Waals surface area contributed by atoms with E-state index < -0.39 is 0 Å². The minimum atomic E-state index is -0.359. The molecule has 1 rings (SSSR count). The van der Waals surface area contributed by atoms with Crippen molar-refractivity contribution in [1.82, 2.24) is 9.88 Å². The van der Waals surface area contributed by atoms with Crippen LogP contribution in [0, 0.1) is 0 Å². The molecule has 0 fully saturated rings. The lowest BCUT2D eigenvalue weighted by Crippen LogP contribution is -2.41. The van der Waals surface area contributed by atoms with Crippen LogP contribution in [0.25, 0.3) is 0 Å². The fraction of sp³-hybridized carbons (Fsp3) is 0.455. The Kier molecular flexibility index (Phi) is 4.39. The van der Waals surface area contributed by atoms with E-state index in [0.717, 1.165) is 5.56 Å². The fourth-order valence-corrected chi connectivity index (χ4v) is 1.86. The van der Waals surface area contributed by atoms with E-state index in [1.807, 2.05) is 31.0 Å². The molecule has 2 unspecified atom stereocenters. The predicted molar refractivity (Wildman–Crippen MR) is 62.5 cm³/mol. The minimum Gasteiger partial charge on any atom is -0.369 e. The van der Waals surface area contributed by atoms with Crippen molar-refractivity contribution in [2.24, 2.45) is 11.5 Å². The third kappa shape index (κ3) is 3.29. The van der Waals surface area contributed by atoms with E-state index >= 15 is 0 Å². The molecule has 1 aromatic heterocycles. The molecule has 0 bridgehead atoms. The monoisotopic (exact) mass is 222 g/mol. The maximum atomic E-state index is 10.9. The summed E-state index contributed by atoms with van der Waals surface area (Å²) in [5.41, 5.74) is 12.1. The third-order valence-corrected chi connectivity index (χ3v) is 2.43. The summed E-state index contributed by atoms with van der Waals surface area (Å²) in [4.78, 5) is 16.7. The number of rotatable bonds is 5. The van der Waals surface area contributed by atoms with E-state index in [2.05, 4.69) is 4.98 Å². The Morgan fingerprint density at radius 2 is 2.06 bits per heavy atom. The highest BCUT2D eigenvalue weighted by atomic mass is 16.1. The van der Waals surface area contributed by atoms with Crippen LogP contribution in [0.4, 0.5) is 0 Å².